The van der Waals surface area contributed by atoms with Crippen LogP contribution in [0.4, 0.5) is 0 Å². The molecular formula is C18H15Cl2N3O. The van der Waals surface area contributed by atoms with Gasteiger partial charge >= 0.3 is 0 Å². The van der Waals surface area contributed by atoms with Gasteiger partial charge in [0.15, 0.2) is 0 Å². The molecule has 1 heterocycles. The molecule has 4 nitrogen and oxygen atoms in total. The van der Waals surface area contributed by atoms with E-state index in [9.17, 15) is 4.79 Å². The lowest BCUT2D eigenvalue weighted by Gasteiger charge is -2.17. The van der Waals surface area contributed by atoms with Crippen molar-refractivity contribution in [3.8, 4) is 11.1 Å². The Kier molecular flexibility index (Phi) is 4.88. The zero-order chi connectivity index (χ0) is 17.1. The van der Waals surface area contributed by atoms with Gasteiger partial charge in [-0.3, -0.25) is 9.89 Å². The quantitative estimate of drug-likeness (QED) is 0.708. The first-order valence-corrected chi connectivity index (χ1v) is 8.12. The predicted octanol–water partition coefficient (Wildman–Crippen LogP) is 4.39. The molecule has 0 saturated heterocycles. The number of aromatic nitrogens is 2. The van der Waals surface area contributed by atoms with E-state index in [2.05, 4.69) is 10.2 Å². The van der Waals surface area contributed by atoms with Gasteiger partial charge in [-0.25, -0.2) is 0 Å². The maximum Gasteiger partial charge on any atom is 0.218 e. The number of H-pyrrole nitrogens is 1. The number of carbonyl (C=O) groups excluding carboxylic acids is 1. The van der Waals surface area contributed by atoms with Crippen LogP contribution < -0.4 is 5.73 Å². The molecule has 3 rings (SSSR count). The average Bonchev–Trinajstić information content (AvgIpc) is 3.10. The number of rotatable bonds is 5. The summed E-state index contributed by atoms with van der Waals surface area (Å²) >= 11 is 12.1. The van der Waals surface area contributed by atoms with E-state index in [1.54, 1.807) is 18.3 Å². The lowest BCUT2D eigenvalue weighted by Crippen LogP contribution is -2.16. The first kappa shape index (κ1) is 16.6. The summed E-state index contributed by atoms with van der Waals surface area (Å²) in [5.74, 6) is -0.541. The second-order valence-electron chi connectivity index (χ2n) is 5.51. The van der Waals surface area contributed by atoms with E-state index in [1.807, 2.05) is 36.5 Å². The third-order valence-corrected chi connectivity index (χ3v) is 4.63. The molecule has 2 aromatic carbocycles. The van der Waals surface area contributed by atoms with Crippen molar-refractivity contribution < 1.29 is 4.79 Å². The monoisotopic (exact) mass is 359 g/mol. The smallest absolute Gasteiger partial charge is 0.218 e. The van der Waals surface area contributed by atoms with Crippen LogP contribution in [0.5, 0.6) is 0 Å². The largest absolute Gasteiger partial charge is 0.370 e. The van der Waals surface area contributed by atoms with Crippen LogP contribution in [0.3, 0.4) is 0 Å². The normalized spacial score (nSPS) is 12.1. The number of nitrogens with two attached hydrogens (primary N) is 1. The molecule has 0 radical (unpaired) electrons. The van der Waals surface area contributed by atoms with Crippen LogP contribution in [-0.2, 0) is 4.79 Å². The Bertz CT molecular complexity index is 845. The number of primary amides is 1. The van der Waals surface area contributed by atoms with Gasteiger partial charge in [0.1, 0.15) is 0 Å². The third-order valence-electron chi connectivity index (χ3n) is 3.90. The van der Waals surface area contributed by atoms with Crippen molar-refractivity contribution in [1.82, 2.24) is 10.2 Å². The van der Waals surface area contributed by atoms with Crippen molar-refractivity contribution in [3.63, 3.8) is 0 Å². The summed E-state index contributed by atoms with van der Waals surface area (Å²) in [4.78, 5) is 11.5. The highest BCUT2D eigenvalue weighted by Gasteiger charge is 2.18. The van der Waals surface area contributed by atoms with Gasteiger partial charge in [-0.05, 0) is 28.8 Å². The molecule has 0 spiro atoms. The Balaban J connectivity index is 1.96. The number of nitrogens with one attached hydrogen (secondary N) is 1. The van der Waals surface area contributed by atoms with Gasteiger partial charge in [0.25, 0.3) is 0 Å². The van der Waals surface area contributed by atoms with Gasteiger partial charge in [-0.2, -0.15) is 5.10 Å². The number of benzene rings is 2. The molecule has 6 heteroatoms. The zero-order valence-corrected chi connectivity index (χ0v) is 14.2. The summed E-state index contributed by atoms with van der Waals surface area (Å²) in [6, 6.07) is 13.3. The van der Waals surface area contributed by atoms with Crippen LogP contribution >= 0.6 is 23.2 Å². The molecule has 3 aromatic rings. The number of halogens is 2. The molecule has 1 unspecified atom stereocenters. The Morgan fingerprint density at radius 2 is 1.75 bits per heavy atom. The number of hydrogen-bond donors (Lipinski definition) is 2. The minimum atomic E-state index is -0.370. The summed E-state index contributed by atoms with van der Waals surface area (Å²) in [5.41, 5.74) is 9.36. The minimum Gasteiger partial charge on any atom is -0.370 e. The molecule has 122 valence electrons. The highest BCUT2D eigenvalue weighted by Crippen LogP contribution is 2.33. The van der Waals surface area contributed by atoms with Gasteiger partial charge in [-0.15, -0.1) is 0 Å². The van der Waals surface area contributed by atoms with Crippen molar-refractivity contribution in [2.45, 2.75) is 12.3 Å². The maximum absolute atomic E-state index is 11.5. The molecule has 24 heavy (non-hydrogen) atoms. The average molecular weight is 360 g/mol. The minimum absolute atomic E-state index is 0.171. The molecule has 0 bridgehead atoms. The van der Waals surface area contributed by atoms with Crippen LogP contribution in [0.25, 0.3) is 11.1 Å². The van der Waals surface area contributed by atoms with Gasteiger partial charge < -0.3 is 5.73 Å². The fraction of sp³-hybridized carbons (Fsp3) is 0.111. The SMILES string of the molecule is NC(=O)CC(c1ccc(-c2cn[nH]c2)cc1)c1ccc(Cl)c(Cl)c1. The Morgan fingerprint density at radius 3 is 2.33 bits per heavy atom. The summed E-state index contributed by atoms with van der Waals surface area (Å²) in [6.45, 7) is 0. The Morgan fingerprint density at radius 1 is 1.04 bits per heavy atom. The molecule has 1 aromatic heterocycles. The van der Waals surface area contributed by atoms with E-state index < -0.39 is 0 Å². The second-order valence-corrected chi connectivity index (χ2v) is 6.32. The highest BCUT2D eigenvalue weighted by atomic mass is 35.5. The van der Waals surface area contributed by atoms with E-state index in [4.69, 9.17) is 28.9 Å². The van der Waals surface area contributed by atoms with Gasteiger partial charge in [-0.1, -0.05) is 53.5 Å². The second kappa shape index (κ2) is 7.07. The molecule has 1 atom stereocenters. The van der Waals surface area contributed by atoms with Crippen LogP contribution in [0, 0.1) is 0 Å². The predicted molar refractivity (Wildman–Crippen MR) is 96.1 cm³/mol. The van der Waals surface area contributed by atoms with Crippen molar-refractivity contribution in [2.75, 3.05) is 0 Å². The van der Waals surface area contributed by atoms with E-state index >= 15 is 0 Å². The fourth-order valence-corrected chi connectivity index (χ4v) is 2.98. The van der Waals surface area contributed by atoms with Gasteiger partial charge in [0.2, 0.25) is 5.91 Å². The summed E-state index contributed by atoms with van der Waals surface area (Å²) in [5, 5.41) is 7.68. The van der Waals surface area contributed by atoms with Crippen LogP contribution in [0.2, 0.25) is 10.0 Å². The van der Waals surface area contributed by atoms with E-state index in [-0.39, 0.29) is 18.2 Å². The zero-order valence-electron chi connectivity index (χ0n) is 12.7. The molecule has 3 N–H and O–H groups in total. The first-order valence-electron chi connectivity index (χ1n) is 7.37. The molecule has 0 aliphatic rings. The molecule has 1 amide bonds. The van der Waals surface area contributed by atoms with Crippen LogP contribution in [0.15, 0.2) is 54.9 Å². The number of aromatic amines is 1. The standard InChI is InChI=1S/C18H15Cl2N3O/c19-16-6-5-13(7-17(16)20)15(8-18(21)24)12-3-1-11(2-4-12)14-9-22-23-10-14/h1-7,9-10,15H,8H2,(H2,21,24)(H,22,23). The van der Waals surface area contributed by atoms with Crippen molar-refractivity contribution >= 4 is 29.1 Å². The highest BCUT2D eigenvalue weighted by molar-refractivity contribution is 6.42. The van der Waals surface area contributed by atoms with E-state index in [1.165, 1.54) is 0 Å². The Hall–Kier alpha value is -2.30. The van der Waals surface area contributed by atoms with E-state index in [0.29, 0.717) is 10.0 Å². The number of carbonyl (C=O) groups is 1. The van der Waals surface area contributed by atoms with Crippen molar-refractivity contribution in [2.24, 2.45) is 5.73 Å². The van der Waals surface area contributed by atoms with Gasteiger partial charge in [0, 0.05) is 24.1 Å². The van der Waals surface area contributed by atoms with Crippen LogP contribution in [-0.4, -0.2) is 16.1 Å². The summed E-state index contributed by atoms with van der Waals surface area (Å²) in [7, 11) is 0. The van der Waals surface area contributed by atoms with E-state index in [0.717, 1.165) is 22.3 Å². The van der Waals surface area contributed by atoms with Crippen molar-refractivity contribution in [1.29, 1.82) is 0 Å². The number of amides is 1. The maximum atomic E-state index is 11.5. The first-order chi connectivity index (χ1) is 11.5. The summed E-state index contributed by atoms with van der Waals surface area (Å²) < 4.78 is 0. The fourth-order valence-electron chi connectivity index (χ4n) is 2.68. The summed E-state index contributed by atoms with van der Waals surface area (Å²) in [6.07, 6.45) is 3.78. The number of hydrogen-bond acceptors (Lipinski definition) is 2. The van der Waals surface area contributed by atoms with Crippen LogP contribution in [0.1, 0.15) is 23.5 Å². The lowest BCUT2D eigenvalue weighted by molar-refractivity contribution is -0.118. The van der Waals surface area contributed by atoms with Crippen molar-refractivity contribution in [3.05, 3.63) is 76.0 Å². The molecule has 0 aliphatic heterocycles. The van der Waals surface area contributed by atoms with Gasteiger partial charge in [0.05, 0.1) is 16.2 Å². The lowest BCUT2D eigenvalue weighted by atomic mass is 9.87. The molecule has 0 saturated carbocycles. The Labute approximate surface area is 149 Å². The third kappa shape index (κ3) is 3.61. The molecule has 0 fully saturated rings. The molecule has 0 aliphatic carbocycles. The topological polar surface area (TPSA) is 71.8 Å². The molecular weight excluding hydrogens is 345 g/mol. The number of nitrogens with zero attached hydrogens (tertiary/aromatic N) is 1.